The maximum absolute atomic E-state index is 13.5. The van der Waals surface area contributed by atoms with E-state index in [-0.39, 0.29) is 23.8 Å². The Labute approximate surface area is 205 Å². The number of thioether (sulfide) groups is 1. The van der Waals surface area contributed by atoms with E-state index in [1.807, 2.05) is 30.3 Å². The molecule has 35 heavy (non-hydrogen) atoms. The molecule has 0 saturated carbocycles. The minimum absolute atomic E-state index is 0.0653. The Morgan fingerprint density at radius 3 is 2.49 bits per heavy atom. The molecular weight excluding hydrogens is 469 g/mol. The summed E-state index contributed by atoms with van der Waals surface area (Å²) in [4.78, 5) is 24.9. The van der Waals surface area contributed by atoms with E-state index in [0.717, 1.165) is 5.69 Å². The zero-order chi connectivity index (χ0) is 24.6. The van der Waals surface area contributed by atoms with Gasteiger partial charge in [-0.1, -0.05) is 36.0 Å². The van der Waals surface area contributed by atoms with Crippen molar-refractivity contribution in [2.45, 2.75) is 11.7 Å². The third kappa shape index (κ3) is 6.24. The lowest BCUT2D eigenvalue weighted by molar-refractivity contribution is -0.113. The van der Waals surface area contributed by atoms with E-state index in [2.05, 4.69) is 20.8 Å². The fraction of sp³-hybridized carbons (Fsp3) is 0.120. The molecule has 0 spiro atoms. The van der Waals surface area contributed by atoms with E-state index >= 15 is 0 Å². The van der Waals surface area contributed by atoms with Crippen molar-refractivity contribution in [1.29, 1.82) is 0 Å². The van der Waals surface area contributed by atoms with Crippen LogP contribution in [0.3, 0.4) is 0 Å². The number of aromatic nitrogens is 3. The molecule has 0 bridgehead atoms. The van der Waals surface area contributed by atoms with Gasteiger partial charge in [0, 0.05) is 16.9 Å². The van der Waals surface area contributed by atoms with Crippen LogP contribution >= 0.6 is 11.8 Å². The molecule has 10 heteroatoms. The van der Waals surface area contributed by atoms with Gasteiger partial charge in [0.2, 0.25) is 5.91 Å². The Balaban J connectivity index is 1.46. The van der Waals surface area contributed by atoms with Crippen molar-refractivity contribution in [1.82, 2.24) is 20.1 Å². The number of rotatable bonds is 9. The molecule has 0 radical (unpaired) electrons. The number of carbonyl (C=O) groups excluding carboxylic acids is 2. The Kier molecular flexibility index (Phi) is 7.74. The molecule has 0 fully saturated rings. The number of methoxy groups -OCH3 is 1. The smallest absolute Gasteiger partial charge is 0.251 e. The highest BCUT2D eigenvalue weighted by molar-refractivity contribution is 7.99. The summed E-state index contributed by atoms with van der Waals surface area (Å²) in [6.07, 6.45) is 0. The van der Waals surface area contributed by atoms with Gasteiger partial charge in [-0.3, -0.25) is 14.2 Å². The summed E-state index contributed by atoms with van der Waals surface area (Å²) >= 11 is 1.22. The van der Waals surface area contributed by atoms with E-state index in [9.17, 15) is 14.0 Å². The van der Waals surface area contributed by atoms with Gasteiger partial charge in [-0.2, -0.15) is 0 Å². The molecule has 0 atom stereocenters. The van der Waals surface area contributed by atoms with Crippen molar-refractivity contribution in [3.63, 3.8) is 0 Å². The molecule has 0 aliphatic carbocycles. The first kappa shape index (κ1) is 24.0. The Morgan fingerprint density at radius 2 is 1.77 bits per heavy atom. The lowest BCUT2D eigenvalue weighted by Gasteiger charge is -2.11. The van der Waals surface area contributed by atoms with Crippen molar-refractivity contribution in [2.24, 2.45) is 0 Å². The molecule has 0 unspecified atom stereocenters. The summed E-state index contributed by atoms with van der Waals surface area (Å²) in [5.74, 6) is 0.150. The monoisotopic (exact) mass is 491 g/mol. The number of carbonyl (C=O) groups is 2. The minimum atomic E-state index is -0.489. The van der Waals surface area contributed by atoms with Gasteiger partial charge in [0.05, 0.1) is 19.4 Å². The summed E-state index contributed by atoms with van der Waals surface area (Å²) in [6, 6.07) is 21.9. The number of benzene rings is 3. The van der Waals surface area contributed by atoms with Crippen LogP contribution in [0.2, 0.25) is 0 Å². The predicted octanol–water partition coefficient (Wildman–Crippen LogP) is 4.08. The topological polar surface area (TPSA) is 98.1 Å². The predicted molar refractivity (Wildman–Crippen MR) is 131 cm³/mol. The fourth-order valence-electron chi connectivity index (χ4n) is 3.24. The van der Waals surface area contributed by atoms with Crippen LogP contribution in [0.4, 0.5) is 10.1 Å². The molecule has 4 rings (SSSR count). The van der Waals surface area contributed by atoms with E-state index in [4.69, 9.17) is 4.74 Å². The second-order valence-electron chi connectivity index (χ2n) is 7.33. The lowest BCUT2D eigenvalue weighted by Crippen LogP contribution is -2.24. The average Bonchev–Trinajstić information content (AvgIpc) is 3.29. The summed E-state index contributed by atoms with van der Waals surface area (Å²) in [5.41, 5.74) is 1.65. The second kappa shape index (κ2) is 11.3. The van der Waals surface area contributed by atoms with Gasteiger partial charge >= 0.3 is 0 Å². The molecule has 178 valence electrons. The van der Waals surface area contributed by atoms with Gasteiger partial charge in [0.15, 0.2) is 11.0 Å². The summed E-state index contributed by atoms with van der Waals surface area (Å²) in [6.45, 7) is 0.0653. The first-order chi connectivity index (χ1) is 17.0. The van der Waals surface area contributed by atoms with E-state index < -0.39 is 11.7 Å². The van der Waals surface area contributed by atoms with Crippen molar-refractivity contribution < 1.29 is 18.7 Å². The number of nitrogens with one attached hydrogen (secondary N) is 2. The molecule has 1 aromatic heterocycles. The van der Waals surface area contributed by atoms with Crippen LogP contribution in [0.5, 0.6) is 5.75 Å². The molecule has 8 nitrogen and oxygen atoms in total. The fourth-order valence-corrected chi connectivity index (χ4v) is 4.01. The summed E-state index contributed by atoms with van der Waals surface area (Å²) < 4.78 is 20.4. The molecular formula is C25H22FN5O3S. The Bertz CT molecular complexity index is 1310. The normalized spacial score (nSPS) is 10.6. The number of para-hydroxylation sites is 1. The molecule has 4 aromatic rings. The van der Waals surface area contributed by atoms with Crippen molar-refractivity contribution >= 4 is 29.3 Å². The summed E-state index contributed by atoms with van der Waals surface area (Å²) in [5, 5.41) is 14.5. The number of nitrogens with zero attached hydrogens (tertiary/aromatic N) is 3. The van der Waals surface area contributed by atoms with Crippen molar-refractivity contribution in [3.05, 3.63) is 96.1 Å². The number of anilines is 1. The van der Waals surface area contributed by atoms with Crippen LogP contribution in [-0.2, 0) is 11.3 Å². The third-order valence-electron chi connectivity index (χ3n) is 4.91. The highest BCUT2D eigenvalue weighted by Gasteiger charge is 2.17. The molecule has 0 aliphatic rings. The molecule has 0 aliphatic heterocycles. The molecule has 0 saturated heterocycles. The van der Waals surface area contributed by atoms with Gasteiger partial charge in [0.1, 0.15) is 11.6 Å². The first-order valence-electron chi connectivity index (χ1n) is 10.6. The zero-order valence-corrected chi connectivity index (χ0v) is 19.6. The first-order valence-corrected chi connectivity index (χ1v) is 11.6. The highest BCUT2D eigenvalue weighted by atomic mass is 32.2. The maximum Gasteiger partial charge on any atom is 0.251 e. The van der Waals surface area contributed by atoms with Crippen molar-refractivity contribution in [3.8, 4) is 11.4 Å². The molecule has 3 aromatic carbocycles. The number of ether oxygens (including phenoxy) is 1. The average molecular weight is 492 g/mol. The Hall–Kier alpha value is -4.18. The van der Waals surface area contributed by atoms with Gasteiger partial charge < -0.3 is 15.4 Å². The van der Waals surface area contributed by atoms with Crippen LogP contribution in [0.1, 0.15) is 16.2 Å². The maximum atomic E-state index is 13.5. The molecule has 2 N–H and O–H groups in total. The number of hydrogen-bond acceptors (Lipinski definition) is 6. The van der Waals surface area contributed by atoms with Crippen LogP contribution in [-0.4, -0.2) is 39.4 Å². The van der Waals surface area contributed by atoms with Crippen LogP contribution in [0.15, 0.2) is 84.0 Å². The van der Waals surface area contributed by atoms with Gasteiger partial charge in [-0.05, 0) is 54.6 Å². The number of hydrogen-bond donors (Lipinski definition) is 2. The number of halogens is 1. The van der Waals surface area contributed by atoms with Crippen molar-refractivity contribution in [2.75, 3.05) is 18.2 Å². The number of amides is 2. The minimum Gasteiger partial charge on any atom is -0.497 e. The Morgan fingerprint density at radius 1 is 1.00 bits per heavy atom. The van der Waals surface area contributed by atoms with Crippen LogP contribution in [0, 0.1) is 5.82 Å². The van der Waals surface area contributed by atoms with E-state index in [1.165, 1.54) is 36.0 Å². The lowest BCUT2D eigenvalue weighted by atomic mass is 10.2. The molecule has 1 heterocycles. The van der Waals surface area contributed by atoms with Gasteiger partial charge in [-0.25, -0.2) is 4.39 Å². The van der Waals surface area contributed by atoms with Gasteiger partial charge in [-0.15, -0.1) is 10.2 Å². The largest absolute Gasteiger partial charge is 0.497 e. The highest BCUT2D eigenvalue weighted by Crippen LogP contribution is 2.23. The second-order valence-corrected chi connectivity index (χ2v) is 8.27. The van der Waals surface area contributed by atoms with E-state index in [1.54, 1.807) is 35.9 Å². The standard InChI is InChI=1S/C25H22FN5O3S/c1-34-21-12-10-19(11-13-21)28-23(32)16-35-25-30-29-22(31(25)20-8-3-2-4-9-20)15-27-24(33)17-6-5-7-18(26)14-17/h2-14H,15-16H2,1H3,(H,27,33)(H,28,32). The third-order valence-corrected chi connectivity index (χ3v) is 5.84. The SMILES string of the molecule is COc1ccc(NC(=O)CSc2nnc(CNC(=O)c3cccc(F)c3)n2-c2ccccc2)cc1. The quantitative estimate of drug-likeness (QED) is 0.343. The van der Waals surface area contributed by atoms with Crippen LogP contribution in [0.25, 0.3) is 5.69 Å². The summed E-state index contributed by atoms with van der Waals surface area (Å²) in [7, 11) is 1.58. The van der Waals surface area contributed by atoms with E-state index in [0.29, 0.717) is 22.4 Å². The van der Waals surface area contributed by atoms with Crippen LogP contribution < -0.4 is 15.4 Å². The molecule has 2 amide bonds. The zero-order valence-electron chi connectivity index (χ0n) is 18.8. The van der Waals surface area contributed by atoms with Gasteiger partial charge in [0.25, 0.3) is 5.91 Å².